The van der Waals surface area contributed by atoms with Gasteiger partial charge in [-0.2, -0.15) is 0 Å². The predicted octanol–water partition coefficient (Wildman–Crippen LogP) is 3.03. The van der Waals surface area contributed by atoms with E-state index in [-0.39, 0.29) is 18.1 Å². The standard InChI is InChI=1S/C21H22N2O3/c1-3-23-18-7-5-4-6-17(18)19(12-21(23)25)26-14-20(24)22-13-16-10-8-15(2)9-11-16/h4-12H,3,13-14H2,1-2H3,(H,22,24). The number of amides is 1. The number of aryl methyl sites for hydroxylation is 2. The fourth-order valence-corrected chi connectivity index (χ4v) is 2.85. The normalized spacial score (nSPS) is 10.7. The van der Waals surface area contributed by atoms with Crippen molar-refractivity contribution in [1.82, 2.24) is 9.88 Å². The van der Waals surface area contributed by atoms with Gasteiger partial charge in [0.1, 0.15) is 5.75 Å². The number of hydrogen-bond acceptors (Lipinski definition) is 3. The van der Waals surface area contributed by atoms with E-state index >= 15 is 0 Å². The topological polar surface area (TPSA) is 60.3 Å². The Morgan fingerprint density at radius 2 is 1.85 bits per heavy atom. The third kappa shape index (κ3) is 3.94. The summed E-state index contributed by atoms with van der Waals surface area (Å²) >= 11 is 0. The molecular weight excluding hydrogens is 328 g/mol. The van der Waals surface area contributed by atoms with Crippen molar-refractivity contribution < 1.29 is 9.53 Å². The Morgan fingerprint density at radius 3 is 2.58 bits per heavy atom. The van der Waals surface area contributed by atoms with Crippen LogP contribution in [0, 0.1) is 6.92 Å². The molecule has 5 heteroatoms. The molecule has 0 aliphatic carbocycles. The quantitative estimate of drug-likeness (QED) is 0.743. The van der Waals surface area contributed by atoms with Crippen molar-refractivity contribution in [3.63, 3.8) is 0 Å². The van der Waals surface area contributed by atoms with Crippen molar-refractivity contribution in [3.8, 4) is 5.75 Å². The van der Waals surface area contributed by atoms with Crippen LogP contribution in [0.15, 0.2) is 59.4 Å². The summed E-state index contributed by atoms with van der Waals surface area (Å²) in [7, 11) is 0. The van der Waals surface area contributed by atoms with Crippen LogP contribution in [0.4, 0.5) is 0 Å². The SMILES string of the molecule is CCn1c(=O)cc(OCC(=O)NCc2ccc(C)cc2)c2ccccc21. The highest BCUT2D eigenvalue weighted by atomic mass is 16.5. The first kappa shape index (κ1) is 17.7. The van der Waals surface area contributed by atoms with E-state index in [0.29, 0.717) is 18.8 Å². The molecular formula is C21H22N2O3. The maximum atomic E-state index is 12.3. The number of hydrogen-bond donors (Lipinski definition) is 1. The first-order valence-electron chi connectivity index (χ1n) is 8.66. The van der Waals surface area contributed by atoms with Gasteiger partial charge in [0, 0.05) is 24.5 Å². The van der Waals surface area contributed by atoms with Gasteiger partial charge in [0.15, 0.2) is 6.61 Å². The predicted molar refractivity (Wildman–Crippen MR) is 102 cm³/mol. The van der Waals surface area contributed by atoms with E-state index in [1.54, 1.807) is 4.57 Å². The molecule has 0 fully saturated rings. The first-order chi connectivity index (χ1) is 12.6. The van der Waals surface area contributed by atoms with Crippen LogP contribution in [0.5, 0.6) is 5.75 Å². The highest BCUT2D eigenvalue weighted by Gasteiger charge is 2.10. The van der Waals surface area contributed by atoms with Crippen LogP contribution in [0.3, 0.4) is 0 Å². The lowest BCUT2D eigenvalue weighted by molar-refractivity contribution is -0.123. The molecule has 0 aliphatic heterocycles. The number of nitrogens with zero attached hydrogens (tertiary/aromatic N) is 1. The van der Waals surface area contributed by atoms with E-state index in [4.69, 9.17) is 4.74 Å². The maximum absolute atomic E-state index is 12.3. The van der Waals surface area contributed by atoms with Crippen LogP contribution in [-0.4, -0.2) is 17.1 Å². The van der Waals surface area contributed by atoms with E-state index in [2.05, 4.69) is 5.32 Å². The molecule has 0 aliphatic rings. The number of benzene rings is 2. The van der Waals surface area contributed by atoms with E-state index < -0.39 is 0 Å². The Kier molecular flexibility index (Phi) is 5.37. The minimum atomic E-state index is -0.227. The lowest BCUT2D eigenvalue weighted by atomic mass is 10.1. The third-order valence-electron chi connectivity index (χ3n) is 4.27. The van der Waals surface area contributed by atoms with Crippen molar-refractivity contribution >= 4 is 16.8 Å². The summed E-state index contributed by atoms with van der Waals surface area (Å²) in [5.74, 6) is 0.204. The van der Waals surface area contributed by atoms with Crippen molar-refractivity contribution in [3.05, 3.63) is 76.1 Å². The fraction of sp³-hybridized carbons (Fsp3) is 0.238. The summed E-state index contributed by atoms with van der Waals surface area (Å²) in [6, 6.07) is 17.0. The molecule has 1 N–H and O–H groups in total. The Labute approximate surface area is 152 Å². The minimum absolute atomic E-state index is 0.133. The monoisotopic (exact) mass is 350 g/mol. The van der Waals surface area contributed by atoms with Gasteiger partial charge in [0.05, 0.1) is 5.52 Å². The zero-order chi connectivity index (χ0) is 18.5. The molecule has 0 atom stereocenters. The number of rotatable bonds is 6. The number of fused-ring (bicyclic) bond motifs is 1. The van der Waals surface area contributed by atoms with Crippen LogP contribution in [-0.2, 0) is 17.9 Å². The molecule has 0 spiro atoms. The molecule has 0 bridgehead atoms. The van der Waals surface area contributed by atoms with Gasteiger partial charge in [-0.05, 0) is 31.5 Å². The maximum Gasteiger partial charge on any atom is 0.258 e. The molecule has 2 aromatic carbocycles. The highest BCUT2D eigenvalue weighted by molar-refractivity contribution is 5.86. The van der Waals surface area contributed by atoms with Gasteiger partial charge in [-0.3, -0.25) is 9.59 Å². The van der Waals surface area contributed by atoms with Gasteiger partial charge in [-0.15, -0.1) is 0 Å². The fourth-order valence-electron chi connectivity index (χ4n) is 2.85. The summed E-state index contributed by atoms with van der Waals surface area (Å²) in [5.41, 5.74) is 2.87. The van der Waals surface area contributed by atoms with Crippen LogP contribution in [0.2, 0.25) is 0 Å². The number of aromatic nitrogens is 1. The number of carbonyl (C=O) groups is 1. The molecule has 0 saturated heterocycles. The number of pyridine rings is 1. The average Bonchev–Trinajstić information content (AvgIpc) is 2.65. The lowest BCUT2D eigenvalue weighted by Gasteiger charge is -2.13. The van der Waals surface area contributed by atoms with Crippen LogP contribution >= 0.6 is 0 Å². The van der Waals surface area contributed by atoms with Crippen molar-refractivity contribution in [2.75, 3.05) is 6.61 Å². The van der Waals surface area contributed by atoms with Gasteiger partial charge in [0.2, 0.25) is 0 Å². The Morgan fingerprint density at radius 1 is 1.12 bits per heavy atom. The summed E-state index contributed by atoms with van der Waals surface area (Å²) in [6.07, 6.45) is 0. The van der Waals surface area contributed by atoms with Gasteiger partial charge in [-0.25, -0.2) is 0 Å². The van der Waals surface area contributed by atoms with Gasteiger partial charge < -0.3 is 14.6 Å². The van der Waals surface area contributed by atoms with Crippen LogP contribution in [0.25, 0.3) is 10.9 Å². The molecule has 3 aromatic rings. The Bertz CT molecular complexity index is 975. The van der Waals surface area contributed by atoms with E-state index in [1.165, 1.54) is 11.6 Å². The highest BCUT2D eigenvalue weighted by Crippen LogP contribution is 2.23. The molecule has 0 radical (unpaired) electrons. The molecule has 1 heterocycles. The van der Waals surface area contributed by atoms with E-state index in [9.17, 15) is 9.59 Å². The van der Waals surface area contributed by atoms with Crippen LogP contribution < -0.4 is 15.6 Å². The molecule has 1 aromatic heterocycles. The number of para-hydroxylation sites is 1. The second kappa shape index (κ2) is 7.87. The lowest BCUT2D eigenvalue weighted by Crippen LogP contribution is -2.29. The molecule has 134 valence electrons. The first-order valence-corrected chi connectivity index (χ1v) is 8.66. The second-order valence-corrected chi connectivity index (χ2v) is 6.16. The summed E-state index contributed by atoms with van der Waals surface area (Å²) in [4.78, 5) is 24.3. The molecule has 26 heavy (non-hydrogen) atoms. The molecule has 3 rings (SSSR count). The summed E-state index contributed by atoms with van der Waals surface area (Å²) < 4.78 is 7.32. The van der Waals surface area contributed by atoms with E-state index in [0.717, 1.165) is 16.5 Å². The molecule has 0 unspecified atom stereocenters. The number of carbonyl (C=O) groups excluding carboxylic acids is 1. The molecule has 0 saturated carbocycles. The third-order valence-corrected chi connectivity index (χ3v) is 4.27. The Balaban J connectivity index is 1.68. The minimum Gasteiger partial charge on any atom is -0.483 e. The second-order valence-electron chi connectivity index (χ2n) is 6.16. The smallest absolute Gasteiger partial charge is 0.258 e. The van der Waals surface area contributed by atoms with Crippen molar-refractivity contribution in [2.24, 2.45) is 0 Å². The van der Waals surface area contributed by atoms with E-state index in [1.807, 2.05) is 62.4 Å². The zero-order valence-electron chi connectivity index (χ0n) is 15.0. The summed E-state index contributed by atoms with van der Waals surface area (Å²) in [6.45, 7) is 4.84. The molecule has 5 nitrogen and oxygen atoms in total. The zero-order valence-corrected chi connectivity index (χ0v) is 15.0. The number of ether oxygens (including phenoxy) is 1. The van der Waals surface area contributed by atoms with Gasteiger partial charge >= 0.3 is 0 Å². The van der Waals surface area contributed by atoms with Gasteiger partial charge in [-0.1, -0.05) is 42.0 Å². The van der Waals surface area contributed by atoms with Crippen LogP contribution in [0.1, 0.15) is 18.1 Å². The molecule has 1 amide bonds. The number of nitrogens with one attached hydrogen (secondary N) is 1. The van der Waals surface area contributed by atoms with Crippen molar-refractivity contribution in [1.29, 1.82) is 0 Å². The largest absolute Gasteiger partial charge is 0.483 e. The van der Waals surface area contributed by atoms with Gasteiger partial charge in [0.25, 0.3) is 11.5 Å². The average molecular weight is 350 g/mol. The summed E-state index contributed by atoms with van der Waals surface area (Å²) in [5, 5.41) is 3.65. The van der Waals surface area contributed by atoms with Crippen molar-refractivity contribution in [2.45, 2.75) is 26.9 Å². The Hall–Kier alpha value is -3.08.